The summed E-state index contributed by atoms with van der Waals surface area (Å²) < 4.78 is 14.9. The van der Waals surface area contributed by atoms with Crippen LogP contribution in [0.15, 0.2) is 60.7 Å². The molecule has 1 saturated carbocycles. The summed E-state index contributed by atoms with van der Waals surface area (Å²) in [6, 6.07) is 18.0. The summed E-state index contributed by atoms with van der Waals surface area (Å²) in [6.45, 7) is 6.37. The zero-order valence-corrected chi connectivity index (χ0v) is 24.1. The molecule has 40 heavy (non-hydrogen) atoms. The Morgan fingerprint density at radius 3 is 2.38 bits per heavy atom. The van der Waals surface area contributed by atoms with Crippen LogP contribution in [0.3, 0.4) is 0 Å². The minimum Gasteiger partial charge on any atom is -0.382 e. The van der Waals surface area contributed by atoms with Gasteiger partial charge in [0, 0.05) is 29.0 Å². The van der Waals surface area contributed by atoms with E-state index in [-0.39, 0.29) is 11.5 Å². The quantitative estimate of drug-likeness (QED) is 0.321. The van der Waals surface area contributed by atoms with Crippen molar-refractivity contribution in [3.8, 4) is 0 Å². The van der Waals surface area contributed by atoms with Gasteiger partial charge in [0.25, 0.3) is 5.91 Å². The molecule has 3 aromatic rings. The maximum atomic E-state index is 14.9. The Hall–Kier alpha value is -3.38. The van der Waals surface area contributed by atoms with Crippen LogP contribution in [-0.4, -0.2) is 29.3 Å². The van der Waals surface area contributed by atoms with Crippen LogP contribution in [0.5, 0.6) is 0 Å². The molecule has 5 rings (SSSR count). The lowest BCUT2D eigenvalue weighted by molar-refractivity contribution is -0.123. The van der Waals surface area contributed by atoms with Gasteiger partial charge in [-0.1, -0.05) is 48.9 Å². The zero-order chi connectivity index (χ0) is 28.4. The third-order valence-corrected chi connectivity index (χ3v) is 8.83. The van der Waals surface area contributed by atoms with Crippen LogP contribution in [0.25, 0.3) is 0 Å². The van der Waals surface area contributed by atoms with E-state index in [1.54, 1.807) is 30.0 Å². The van der Waals surface area contributed by atoms with Crippen LogP contribution in [0.1, 0.15) is 72.1 Å². The van der Waals surface area contributed by atoms with Crippen LogP contribution in [0.2, 0.25) is 5.02 Å². The molecule has 0 radical (unpaired) electrons. The Balaban J connectivity index is 1.46. The largest absolute Gasteiger partial charge is 0.382 e. The van der Waals surface area contributed by atoms with E-state index >= 15 is 0 Å². The van der Waals surface area contributed by atoms with Gasteiger partial charge in [-0.3, -0.25) is 9.59 Å². The minimum atomic E-state index is -0.546. The van der Waals surface area contributed by atoms with E-state index in [0.717, 1.165) is 35.6 Å². The van der Waals surface area contributed by atoms with Gasteiger partial charge < -0.3 is 15.5 Å². The normalized spacial score (nSPS) is 22.7. The standard InChI is InChI=1S/C33H37ClFN3O2/c1-20-9-13-25(18-20)36-24-15-11-23(12-16-24)31-27(32(39)37-26-14-10-21(2)28(34)19-26)7-5-17-38(31)33(40)30-22(3)6-4-8-29(30)35/h4,6,8,10-12,14-16,19-20,25,27,31,36H,5,7,9,13,17-18H2,1-3H3,(H,37,39)/t20-,25?,27+,31+/m1/s1. The smallest absolute Gasteiger partial charge is 0.257 e. The van der Waals surface area contributed by atoms with Gasteiger partial charge in [-0.05, 0) is 98.9 Å². The predicted molar refractivity (Wildman–Crippen MR) is 159 cm³/mol. The Bertz CT molecular complexity index is 1370. The Labute approximate surface area is 241 Å². The molecule has 0 aromatic heterocycles. The zero-order valence-electron chi connectivity index (χ0n) is 23.3. The van der Waals surface area contributed by atoms with E-state index in [9.17, 15) is 14.0 Å². The van der Waals surface area contributed by atoms with Crippen LogP contribution >= 0.6 is 11.6 Å². The van der Waals surface area contributed by atoms with Crippen LogP contribution < -0.4 is 10.6 Å². The molecular formula is C33H37ClFN3O2. The molecule has 7 heteroatoms. The van der Waals surface area contributed by atoms with E-state index in [1.807, 2.05) is 43.3 Å². The summed E-state index contributed by atoms with van der Waals surface area (Å²) in [5.74, 6) is -0.911. The van der Waals surface area contributed by atoms with Crippen molar-refractivity contribution in [1.82, 2.24) is 4.90 Å². The third kappa shape index (κ3) is 6.02. The second-order valence-electron chi connectivity index (χ2n) is 11.5. The first-order valence-electron chi connectivity index (χ1n) is 14.2. The monoisotopic (exact) mass is 561 g/mol. The number of rotatable bonds is 6. The highest BCUT2D eigenvalue weighted by atomic mass is 35.5. The van der Waals surface area contributed by atoms with Crippen LogP contribution in [-0.2, 0) is 4.79 Å². The summed E-state index contributed by atoms with van der Waals surface area (Å²) in [5, 5.41) is 7.22. The van der Waals surface area contributed by atoms with Crippen LogP contribution in [0, 0.1) is 31.5 Å². The second kappa shape index (κ2) is 12.0. The van der Waals surface area contributed by atoms with Crippen molar-refractivity contribution in [3.05, 3.63) is 93.8 Å². The van der Waals surface area contributed by atoms with Crippen molar-refractivity contribution in [2.45, 2.75) is 65.0 Å². The SMILES string of the molecule is Cc1ccc(NC(=O)[C@H]2CCCN(C(=O)c3c(C)cccc3F)[C@H]2c2ccc(NC3CC[C@@H](C)C3)cc2)cc1Cl. The molecular weight excluding hydrogens is 525 g/mol. The average molecular weight is 562 g/mol. The lowest BCUT2D eigenvalue weighted by atomic mass is 9.83. The van der Waals surface area contributed by atoms with E-state index in [2.05, 4.69) is 17.6 Å². The fourth-order valence-electron chi connectivity index (χ4n) is 6.21. The predicted octanol–water partition coefficient (Wildman–Crippen LogP) is 7.93. The van der Waals surface area contributed by atoms with E-state index in [0.29, 0.717) is 41.7 Å². The van der Waals surface area contributed by atoms with Gasteiger partial charge in [0.2, 0.25) is 5.91 Å². The molecule has 3 aromatic carbocycles. The Morgan fingerprint density at radius 2 is 1.70 bits per heavy atom. The van der Waals surface area contributed by atoms with Gasteiger partial charge >= 0.3 is 0 Å². The number of halogens is 2. The third-order valence-electron chi connectivity index (χ3n) is 8.42. The van der Waals surface area contributed by atoms with Crippen molar-refractivity contribution in [3.63, 3.8) is 0 Å². The minimum absolute atomic E-state index is 0.0625. The second-order valence-corrected chi connectivity index (χ2v) is 11.9. The number of benzene rings is 3. The van der Waals surface area contributed by atoms with E-state index in [4.69, 9.17) is 11.6 Å². The first-order valence-corrected chi connectivity index (χ1v) is 14.6. The molecule has 0 bridgehead atoms. The van der Waals surface area contributed by atoms with Gasteiger partial charge in [-0.15, -0.1) is 0 Å². The Kier molecular flexibility index (Phi) is 8.46. The van der Waals surface area contributed by atoms with Crippen molar-refractivity contribution in [1.29, 1.82) is 0 Å². The molecule has 2 N–H and O–H groups in total. The molecule has 5 nitrogen and oxygen atoms in total. The summed E-state index contributed by atoms with van der Waals surface area (Å²) in [4.78, 5) is 29.3. The van der Waals surface area contributed by atoms with Crippen LogP contribution in [0.4, 0.5) is 15.8 Å². The number of likely N-dealkylation sites (tertiary alicyclic amines) is 1. The topological polar surface area (TPSA) is 61.4 Å². The average Bonchev–Trinajstić information content (AvgIpc) is 3.34. The number of hydrogen-bond acceptors (Lipinski definition) is 3. The molecule has 210 valence electrons. The summed E-state index contributed by atoms with van der Waals surface area (Å²) in [5.41, 5.74) is 4.06. The molecule has 2 fully saturated rings. The number of nitrogens with zero attached hydrogens (tertiary/aromatic N) is 1. The van der Waals surface area contributed by atoms with Gasteiger partial charge in [-0.25, -0.2) is 4.39 Å². The first-order chi connectivity index (χ1) is 19.2. The van der Waals surface area contributed by atoms with Gasteiger partial charge in [0.15, 0.2) is 0 Å². The number of hydrogen-bond donors (Lipinski definition) is 2. The summed E-state index contributed by atoms with van der Waals surface area (Å²) >= 11 is 6.31. The molecule has 2 aliphatic rings. The van der Waals surface area contributed by atoms with E-state index < -0.39 is 23.7 Å². The lowest BCUT2D eigenvalue weighted by Gasteiger charge is -2.41. The van der Waals surface area contributed by atoms with Gasteiger partial charge in [0.05, 0.1) is 17.5 Å². The van der Waals surface area contributed by atoms with E-state index in [1.165, 1.54) is 12.5 Å². The number of anilines is 2. The molecule has 1 aliphatic carbocycles. The number of carbonyl (C=O) groups excluding carboxylic acids is 2. The van der Waals surface area contributed by atoms with Gasteiger partial charge in [0.1, 0.15) is 5.82 Å². The number of carbonyl (C=O) groups is 2. The number of amides is 2. The number of aryl methyl sites for hydroxylation is 2. The maximum Gasteiger partial charge on any atom is 0.257 e. The highest BCUT2D eigenvalue weighted by Crippen LogP contribution is 2.39. The molecule has 1 saturated heterocycles. The molecule has 1 heterocycles. The van der Waals surface area contributed by atoms with Gasteiger partial charge in [-0.2, -0.15) is 0 Å². The molecule has 4 atom stereocenters. The maximum absolute atomic E-state index is 14.9. The van der Waals surface area contributed by atoms with Crippen molar-refractivity contribution in [2.24, 2.45) is 11.8 Å². The Morgan fingerprint density at radius 1 is 0.950 bits per heavy atom. The lowest BCUT2D eigenvalue weighted by Crippen LogP contribution is -2.46. The fraction of sp³-hybridized carbons (Fsp3) is 0.394. The summed E-state index contributed by atoms with van der Waals surface area (Å²) in [7, 11) is 0. The molecule has 0 spiro atoms. The van der Waals surface area contributed by atoms with Crippen molar-refractivity contribution >= 4 is 34.8 Å². The molecule has 1 unspecified atom stereocenters. The van der Waals surface area contributed by atoms with Crippen molar-refractivity contribution < 1.29 is 14.0 Å². The fourth-order valence-corrected chi connectivity index (χ4v) is 6.39. The molecule has 2 amide bonds. The highest BCUT2D eigenvalue weighted by Gasteiger charge is 2.40. The highest BCUT2D eigenvalue weighted by molar-refractivity contribution is 6.31. The molecule has 1 aliphatic heterocycles. The number of nitrogens with one attached hydrogen (secondary N) is 2. The summed E-state index contributed by atoms with van der Waals surface area (Å²) in [6.07, 6.45) is 4.78. The number of piperidine rings is 1. The van der Waals surface area contributed by atoms with Crippen molar-refractivity contribution in [2.75, 3.05) is 17.2 Å². The first kappa shape index (κ1) is 28.2.